The van der Waals surface area contributed by atoms with E-state index in [0.717, 1.165) is 19.4 Å². The van der Waals surface area contributed by atoms with Crippen LogP contribution in [0.4, 0.5) is 23.5 Å². The highest BCUT2D eigenvalue weighted by molar-refractivity contribution is 5.95. The van der Waals surface area contributed by atoms with E-state index in [1.807, 2.05) is 19.9 Å². The van der Waals surface area contributed by atoms with Gasteiger partial charge in [0.2, 0.25) is 17.8 Å². The van der Waals surface area contributed by atoms with Crippen molar-refractivity contribution in [3.8, 4) is 0 Å². The second kappa shape index (κ2) is 15.8. The minimum absolute atomic E-state index is 0.174. The Morgan fingerprint density at radius 1 is 1.00 bits per heavy atom. The number of anilines is 4. The van der Waals surface area contributed by atoms with Gasteiger partial charge in [0.1, 0.15) is 0 Å². The van der Waals surface area contributed by atoms with Crippen molar-refractivity contribution in [3.05, 3.63) is 29.8 Å². The summed E-state index contributed by atoms with van der Waals surface area (Å²) in [6, 6.07) is 7.33. The number of unbranched alkanes of at least 4 members (excludes halogenated alkanes) is 1. The van der Waals surface area contributed by atoms with Gasteiger partial charge in [-0.15, -0.1) is 0 Å². The second-order valence-corrected chi connectivity index (χ2v) is 7.86. The Labute approximate surface area is 201 Å². The molecule has 0 bridgehead atoms. The Morgan fingerprint density at radius 2 is 1.74 bits per heavy atom. The molecule has 0 saturated carbocycles. The maximum atomic E-state index is 12.5. The van der Waals surface area contributed by atoms with E-state index in [9.17, 15) is 4.79 Å². The first-order chi connectivity index (χ1) is 16.5. The summed E-state index contributed by atoms with van der Waals surface area (Å²) in [4.78, 5) is 25.8. The SMILES string of the molecule is CCCCNc1nc(Nc2cccc(C(=O)NCCOCCOCCN)c2)nc(NC(C)C)n1. The first-order valence-corrected chi connectivity index (χ1v) is 11.8. The minimum Gasteiger partial charge on any atom is -0.378 e. The fourth-order valence-corrected chi connectivity index (χ4v) is 2.82. The molecule has 1 aromatic carbocycles. The lowest BCUT2D eigenvalue weighted by Crippen LogP contribution is -2.27. The molecule has 34 heavy (non-hydrogen) atoms. The number of aromatic nitrogens is 3. The normalized spacial score (nSPS) is 10.9. The molecule has 0 aliphatic heterocycles. The van der Waals surface area contributed by atoms with Gasteiger partial charge in [-0.3, -0.25) is 4.79 Å². The molecule has 0 spiro atoms. The molecule has 1 aromatic heterocycles. The summed E-state index contributed by atoms with van der Waals surface area (Å²) in [5, 5.41) is 12.5. The fourth-order valence-electron chi connectivity index (χ4n) is 2.82. The van der Waals surface area contributed by atoms with Crippen LogP contribution in [0, 0.1) is 0 Å². The van der Waals surface area contributed by atoms with Crippen LogP contribution >= 0.6 is 0 Å². The molecule has 6 N–H and O–H groups in total. The van der Waals surface area contributed by atoms with Crippen molar-refractivity contribution in [3.63, 3.8) is 0 Å². The van der Waals surface area contributed by atoms with Crippen molar-refractivity contribution in [2.24, 2.45) is 5.73 Å². The van der Waals surface area contributed by atoms with Gasteiger partial charge >= 0.3 is 0 Å². The van der Waals surface area contributed by atoms with Crippen molar-refractivity contribution >= 4 is 29.4 Å². The second-order valence-electron chi connectivity index (χ2n) is 7.86. The number of benzene rings is 1. The topological polar surface area (TPSA) is 148 Å². The van der Waals surface area contributed by atoms with E-state index < -0.39 is 0 Å². The van der Waals surface area contributed by atoms with Crippen molar-refractivity contribution in [2.75, 3.05) is 62.0 Å². The number of carbonyl (C=O) groups is 1. The highest BCUT2D eigenvalue weighted by atomic mass is 16.5. The number of nitrogens with zero attached hydrogens (tertiary/aromatic N) is 3. The lowest BCUT2D eigenvalue weighted by Gasteiger charge is -2.13. The van der Waals surface area contributed by atoms with E-state index in [4.69, 9.17) is 15.2 Å². The van der Waals surface area contributed by atoms with Crippen LogP contribution in [0.3, 0.4) is 0 Å². The number of nitrogens with two attached hydrogens (primary N) is 1. The van der Waals surface area contributed by atoms with Crippen LogP contribution in [0.2, 0.25) is 0 Å². The van der Waals surface area contributed by atoms with Crippen molar-refractivity contribution in [1.29, 1.82) is 0 Å². The number of amides is 1. The average Bonchev–Trinajstić information content (AvgIpc) is 2.80. The van der Waals surface area contributed by atoms with Gasteiger partial charge in [0, 0.05) is 36.9 Å². The maximum Gasteiger partial charge on any atom is 0.251 e. The van der Waals surface area contributed by atoms with E-state index in [-0.39, 0.29) is 11.9 Å². The third-order valence-electron chi connectivity index (χ3n) is 4.41. The lowest BCUT2D eigenvalue weighted by molar-refractivity contribution is 0.0511. The van der Waals surface area contributed by atoms with Crippen molar-refractivity contribution in [1.82, 2.24) is 20.3 Å². The molecule has 0 unspecified atom stereocenters. The molecule has 0 radical (unpaired) electrons. The summed E-state index contributed by atoms with van der Waals surface area (Å²) in [6.45, 7) is 9.70. The van der Waals surface area contributed by atoms with E-state index in [1.54, 1.807) is 18.2 Å². The number of carbonyl (C=O) groups excluding carboxylic acids is 1. The van der Waals surface area contributed by atoms with Crippen LogP contribution in [-0.2, 0) is 9.47 Å². The fraction of sp³-hybridized carbons (Fsp3) is 0.565. The molecule has 1 heterocycles. The molecule has 1 amide bonds. The molecule has 11 nitrogen and oxygen atoms in total. The van der Waals surface area contributed by atoms with Crippen molar-refractivity contribution < 1.29 is 14.3 Å². The van der Waals surface area contributed by atoms with Crippen LogP contribution in [0.1, 0.15) is 44.0 Å². The third kappa shape index (κ3) is 10.7. The number of hydrogen-bond acceptors (Lipinski definition) is 10. The zero-order chi connectivity index (χ0) is 24.6. The highest BCUT2D eigenvalue weighted by Crippen LogP contribution is 2.18. The molecule has 0 fully saturated rings. The third-order valence-corrected chi connectivity index (χ3v) is 4.41. The monoisotopic (exact) mass is 474 g/mol. The zero-order valence-electron chi connectivity index (χ0n) is 20.4. The first kappa shape index (κ1) is 27.2. The Kier molecular flexibility index (Phi) is 12.6. The zero-order valence-corrected chi connectivity index (χ0v) is 20.4. The number of ether oxygens (including phenoxy) is 2. The largest absolute Gasteiger partial charge is 0.378 e. The molecular formula is C23H38N8O3. The number of hydrogen-bond donors (Lipinski definition) is 5. The van der Waals surface area contributed by atoms with E-state index in [2.05, 4.69) is 43.1 Å². The van der Waals surface area contributed by atoms with Crippen molar-refractivity contribution in [2.45, 2.75) is 39.7 Å². The first-order valence-electron chi connectivity index (χ1n) is 11.8. The predicted molar refractivity (Wildman–Crippen MR) is 135 cm³/mol. The molecule has 188 valence electrons. The van der Waals surface area contributed by atoms with Crippen LogP contribution in [0.25, 0.3) is 0 Å². The Morgan fingerprint density at radius 3 is 2.47 bits per heavy atom. The van der Waals surface area contributed by atoms with E-state index in [1.165, 1.54) is 0 Å². The highest BCUT2D eigenvalue weighted by Gasteiger charge is 2.10. The van der Waals surface area contributed by atoms with Gasteiger partial charge in [0.05, 0.1) is 26.4 Å². The molecule has 2 aromatic rings. The van der Waals surface area contributed by atoms with E-state index >= 15 is 0 Å². The summed E-state index contributed by atoms with van der Waals surface area (Å²) in [7, 11) is 0. The van der Waals surface area contributed by atoms with Gasteiger partial charge in [-0.1, -0.05) is 19.4 Å². The van der Waals surface area contributed by atoms with Gasteiger partial charge in [0.25, 0.3) is 5.91 Å². The van der Waals surface area contributed by atoms with E-state index in [0.29, 0.717) is 68.6 Å². The molecule has 11 heteroatoms. The summed E-state index contributed by atoms with van der Waals surface area (Å²) in [6.07, 6.45) is 2.09. The maximum absolute atomic E-state index is 12.5. The summed E-state index contributed by atoms with van der Waals surface area (Å²) in [5.74, 6) is 1.18. The molecule has 0 atom stereocenters. The molecule has 2 rings (SSSR count). The van der Waals surface area contributed by atoms with Gasteiger partial charge in [-0.25, -0.2) is 0 Å². The Hall–Kier alpha value is -3.02. The Bertz CT molecular complexity index is 866. The summed E-state index contributed by atoms with van der Waals surface area (Å²) < 4.78 is 10.7. The molecule has 0 aliphatic rings. The standard InChI is InChI=1S/C23H38N8O3/c1-4-5-10-26-21-29-22(27-17(2)3)31-23(30-21)28-19-8-6-7-18(16-19)20(32)25-11-13-34-15-14-33-12-9-24/h6-8,16-17H,4-5,9-15,24H2,1-3H3,(H,25,32)(H3,26,27,28,29,30,31). The van der Waals surface area contributed by atoms with Gasteiger partial charge in [0.15, 0.2) is 0 Å². The molecular weight excluding hydrogens is 436 g/mol. The van der Waals surface area contributed by atoms with Gasteiger partial charge in [-0.2, -0.15) is 15.0 Å². The predicted octanol–water partition coefficient (Wildman–Crippen LogP) is 2.37. The minimum atomic E-state index is -0.189. The molecule has 0 saturated heterocycles. The Balaban J connectivity index is 1.94. The van der Waals surface area contributed by atoms with Gasteiger partial charge < -0.3 is 36.5 Å². The molecule has 0 aliphatic carbocycles. The van der Waals surface area contributed by atoms with Crippen LogP contribution in [-0.4, -0.2) is 73.0 Å². The van der Waals surface area contributed by atoms with Crippen LogP contribution < -0.4 is 27.0 Å². The summed E-state index contributed by atoms with van der Waals surface area (Å²) >= 11 is 0. The van der Waals surface area contributed by atoms with Crippen LogP contribution in [0.15, 0.2) is 24.3 Å². The quantitative estimate of drug-likeness (QED) is 0.216. The number of nitrogens with one attached hydrogen (secondary N) is 4. The smallest absolute Gasteiger partial charge is 0.251 e. The van der Waals surface area contributed by atoms with Gasteiger partial charge in [-0.05, 0) is 38.5 Å². The average molecular weight is 475 g/mol. The summed E-state index contributed by atoms with van der Waals surface area (Å²) in [5.41, 5.74) is 6.57. The number of rotatable bonds is 17. The van der Waals surface area contributed by atoms with Crippen LogP contribution in [0.5, 0.6) is 0 Å². The lowest BCUT2D eigenvalue weighted by atomic mass is 10.2.